The Bertz CT molecular complexity index is 457. The summed E-state index contributed by atoms with van der Waals surface area (Å²) in [5.41, 5.74) is 2.07. The average Bonchev–Trinajstić information content (AvgIpc) is 2.27. The maximum Gasteiger partial charge on any atom is 0.135 e. The van der Waals surface area contributed by atoms with Crippen molar-refractivity contribution in [2.45, 2.75) is 0 Å². The Morgan fingerprint density at radius 2 is 2.33 bits per heavy atom. The van der Waals surface area contributed by atoms with Gasteiger partial charge in [-0.1, -0.05) is 39.3 Å². The van der Waals surface area contributed by atoms with E-state index in [0.717, 1.165) is 25.6 Å². The lowest BCUT2D eigenvalue weighted by atomic mass is 10.2. The summed E-state index contributed by atoms with van der Waals surface area (Å²) in [4.78, 5) is 7.59. The first kappa shape index (κ1) is 11.6. The summed E-state index contributed by atoms with van der Waals surface area (Å²) >= 11 is 12.6. The molecule has 0 aliphatic carbocycles. The Morgan fingerprint density at radius 3 is 3.00 bits per heavy atom. The molecule has 0 saturated heterocycles. The van der Waals surface area contributed by atoms with Crippen LogP contribution < -0.4 is 0 Å². The lowest BCUT2D eigenvalue weighted by molar-refractivity contribution is 1.51. The Balaban J connectivity index is 2.57. The highest BCUT2D eigenvalue weighted by atomic mass is 79.9. The molecule has 0 spiro atoms. The second-order valence-electron chi connectivity index (χ2n) is 2.82. The van der Waals surface area contributed by atoms with Crippen LogP contribution in [-0.4, -0.2) is 10.6 Å². The second kappa shape index (κ2) is 4.95. The van der Waals surface area contributed by atoms with Crippen molar-refractivity contribution in [2.24, 2.45) is 4.99 Å². The third kappa shape index (κ3) is 2.44. The quantitative estimate of drug-likeness (QED) is 0.657. The SMILES string of the molecule is CSC1=Nc2ccc(Cl)cc2/C(=C/Br)S1. The van der Waals surface area contributed by atoms with Crippen LogP contribution in [0.15, 0.2) is 28.2 Å². The molecule has 78 valence electrons. The summed E-state index contributed by atoms with van der Waals surface area (Å²) in [7, 11) is 0. The van der Waals surface area contributed by atoms with Gasteiger partial charge in [0.2, 0.25) is 0 Å². The van der Waals surface area contributed by atoms with E-state index < -0.39 is 0 Å². The second-order valence-corrected chi connectivity index (χ2v) is 5.80. The Hall–Kier alpha value is 0.1000. The van der Waals surface area contributed by atoms with E-state index >= 15 is 0 Å². The summed E-state index contributed by atoms with van der Waals surface area (Å²) in [5, 5.41) is 0.740. The monoisotopic (exact) mass is 319 g/mol. The van der Waals surface area contributed by atoms with E-state index in [1.54, 1.807) is 23.5 Å². The van der Waals surface area contributed by atoms with Gasteiger partial charge in [-0.05, 0) is 29.4 Å². The van der Waals surface area contributed by atoms with Gasteiger partial charge in [0.25, 0.3) is 0 Å². The zero-order valence-electron chi connectivity index (χ0n) is 7.83. The minimum absolute atomic E-state index is 0.740. The van der Waals surface area contributed by atoms with Crippen LogP contribution in [0.2, 0.25) is 5.02 Å². The molecular formula is C10H7BrClNS2. The van der Waals surface area contributed by atoms with Crippen molar-refractivity contribution in [3.8, 4) is 0 Å². The van der Waals surface area contributed by atoms with Gasteiger partial charge in [-0.25, -0.2) is 4.99 Å². The topological polar surface area (TPSA) is 12.4 Å². The summed E-state index contributed by atoms with van der Waals surface area (Å²) in [6, 6.07) is 5.76. The summed E-state index contributed by atoms with van der Waals surface area (Å²) in [5.74, 6) is 0. The van der Waals surface area contributed by atoms with Gasteiger partial charge in [0, 0.05) is 15.5 Å². The number of hydrogen-bond donors (Lipinski definition) is 0. The molecule has 0 unspecified atom stereocenters. The lowest BCUT2D eigenvalue weighted by Crippen LogP contribution is -1.94. The number of thioether (sulfide) groups is 2. The normalized spacial score (nSPS) is 17.5. The van der Waals surface area contributed by atoms with Crippen LogP contribution in [0.3, 0.4) is 0 Å². The number of aliphatic imine (C=N–C) groups is 1. The first-order valence-electron chi connectivity index (χ1n) is 4.15. The number of fused-ring (bicyclic) bond motifs is 1. The molecule has 5 heteroatoms. The molecule has 0 amide bonds. The van der Waals surface area contributed by atoms with E-state index in [9.17, 15) is 0 Å². The van der Waals surface area contributed by atoms with Crippen molar-refractivity contribution in [3.05, 3.63) is 33.8 Å². The number of halogens is 2. The van der Waals surface area contributed by atoms with E-state index in [-0.39, 0.29) is 0 Å². The molecule has 1 aliphatic heterocycles. The number of rotatable bonds is 0. The van der Waals surface area contributed by atoms with Crippen molar-refractivity contribution in [3.63, 3.8) is 0 Å². The predicted octanol–water partition coefficient (Wildman–Crippen LogP) is 5.13. The fourth-order valence-electron chi connectivity index (χ4n) is 1.24. The zero-order valence-corrected chi connectivity index (χ0v) is 11.8. The fraction of sp³-hybridized carbons (Fsp3) is 0.100. The molecule has 0 fully saturated rings. The smallest absolute Gasteiger partial charge is 0.135 e. The molecule has 0 atom stereocenters. The third-order valence-corrected chi connectivity index (χ3v) is 4.92. The highest BCUT2D eigenvalue weighted by Gasteiger charge is 2.17. The van der Waals surface area contributed by atoms with Gasteiger partial charge < -0.3 is 0 Å². The molecule has 1 aromatic carbocycles. The third-order valence-electron chi connectivity index (χ3n) is 1.91. The molecule has 0 N–H and O–H groups in total. The van der Waals surface area contributed by atoms with Crippen molar-refractivity contribution < 1.29 is 0 Å². The Kier molecular flexibility index (Phi) is 3.83. The number of hydrogen-bond acceptors (Lipinski definition) is 3. The van der Waals surface area contributed by atoms with Crippen molar-refractivity contribution in [2.75, 3.05) is 6.26 Å². The van der Waals surface area contributed by atoms with Crippen LogP contribution in [-0.2, 0) is 0 Å². The van der Waals surface area contributed by atoms with Gasteiger partial charge in [0.15, 0.2) is 0 Å². The van der Waals surface area contributed by atoms with Gasteiger partial charge in [-0.15, -0.1) is 11.8 Å². The van der Waals surface area contributed by atoms with Crippen molar-refractivity contribution >= 4 is 66.0 Å². The predicted molar refractivity (Wildman–Crippen MR) is 76.6 cm³/mol. The molecule has 0 bridgehead atoms. The van der Waals surface area contributed by atoms with Crippen LogP contribution in [0.4, 0.5) is 5.69 Å². The van der Waals surface area contributed by atoms with Crippen molar-refractivity contribution in [1.29, 1.82) is 0 Å². The van der Waals surface area contributed by atoms with E-state index in [0.29, 0.717) is 0 Å². The van der Waals surface area contributed by atoms with E-state index in [1.165, 1.54) is 0 Å². The van der Waals surface area contributed by atoms with E-state index in [1.807, 2.05) is 29.4 Å². The molecule has 0 radical (unpaired) electrons. The molecule has 0 saturated carbocycles. The summed E-state index contributed by atoms with van der Waals surface area (Å²) in [6.07, 6.45) is 2.03. The fourth-order valence-corrected chi connectivity index (χ4v) is 3.38. The molecule has 2 rings (SSSR count). The van der Waals surface area contributed by atoms with Gasteiger partial charge in [-0.3, -0.25) is 0 Å². The first-order valence-corrected chi connectivity index (χ1v) is 7.49. The highest BCUT2D eigenvalue weighted by molar-refractivity contribution is 9.11. The van der Waals surface area contributed by atoms with Crippen molar-refractivity contribution in [1.82, 2.24) is 0 Å². The first-order chi connectivity index (χ1) is 7.24. The average molecular weight is 321 g/mol. The maximum absolute atomic E-state index is 5.96. The minimum atomic E-state index is 0.740. The molecule has 1 heterocycles. The van der Waals surface area contributed by atoms with E-state index in [4.69, 9.17) is 11.6 Å². The molecule has 1 nitrogen and oxygen atoms in total. The Morgan fingerprint density at radius 1 is 1.53 bits per heavy atom. The van der Waals surface area contributed by atoms with Crippen LogP contribution in [0, 0.1) is 0 Å². The summed E-state index contributed by atoms with van der Waals surface area (Å²) in [6.45, 7) is 0. The van der Waals surface area contributed by atoms with Crippen LogP contribution >= 0.6 is 51.1 Å². The van der Waals surface area contributed by atoms with Gasteiger partial charge in [0.1, 0.15) is 4.38 Å². The number of nitrogens with zero attached hydrogens (tertiary/aromatic N) is 1. The van der Waals surface area contributed by atoms with Crippen LogP contribution in [0.25, 0.3) is 4.91 Å². The molecule has 1 aliphatic rings. The van der Waals surface area contributed by atoms with Gasteiger partial charge in [-0.2, -0.15) is 0 Å². The molecule has 1 aromatic rings. The minimum Gasteiger partial charge on any atom is -0.234 e. The van der Waals surface area contributed by atoms with E-state index in [2.05, 4.69) is 20.9 Å². The largest absolute Gasteiger partial charge is 0.234 e. The molecule has 15 heavy (non-hydrogen) atoms. The lowest BCUT2D eigenvalue weighted by Gasteiger charge is -2.16. The highest BCUT2D eigenvalue weighted by Crippen LogP contribution is 2.43. The molecule has 0 aromatic heterocycles. The molecular weight excluding hydrogens is 314 g/mol. The van der Waals surface area contributed by atoms with Crippen LogP contribution in [0.5, 0.6) is 0 Å². The summed E-state index contributed by atoms with van der Waals surface area (Å²) < 4.78 is 1.05. The zero-order chi connectivity index (χ0) is 10.8. The van der Waals surface area contributed by atoms with Gasteiger partial charge >= 0.3 is 0 Å². The van der Waals surface area contributed by atoms with Gasteiger partial charge in [0.05, 0.1) is 5.69 Å². The number of benzene rings is 1. The Labute approximate surface area is 111 Å². The van der Waals surface area contributed by atoms with Crippen LogP contribution in [0.1, 0.15) is 5.56 Å². The standard InChI is InChI=1S/C10H7BrClNS2/c1-14-10-13-8-3-2-6(12)4-7(8)9(5-11)15-10/h2-5H,1H3/b9-5-. The maximum atomic E-state index is 5.96.